The van der Waals surface area contributed by atoms with Crippen molar-refractivity contribution < 1.29 is 4.79 Å². The lowest BCUT2D eigenvalue weighted by molar-refractivity contribution is 0.0938. The van der Waals surface area contributed by atoms with Gasteiger partial charge in [0, 0.05) is 43.8 Å². The van der Waals surface area contributed by atoms with E-state index in [1.807, 2.05) is 4.90 Å². The van der Waals surface area contributed by atoms with Crippen LogP contribution in [0.15, 0.2) is 36.8 Å². The Morgan fingerprint density at radius 3 is 3.08 bits per heavy atom. The fourth-order valence-corrected chi connectivity index (χ4v) is 3.61. The predicted molar refractivity (Wildman–Crippen MR) is 101 cm³/mol. The van der Waals surface area contributed by atoms with Crippen molar-refractivity contribution in [2.45, 2.75) is 12.0 Å². The number of imidazole rings is 1. The third-order valence-corrected chi connectivity index (χ3v) is 4.91. The lowest BCUT2D eigenvalue weighted by Gasteiger charge is -2.33. The van der Waals surface area contributed by atoms with Crippen molar-refractivity contribution in [3.63, 3.8) is 0 Å². The van der Waals surface area contributed by atoms with Crippen LogP contribution in [0.25, 0.3) is 10.9 Å². The molecular weight excluding hydrogens is 336 g/mol. The maximum absolute atomic E-state index is 11.9. The molecule has 1 unspecified atom stereocenters. The summed E-state index contributed by atoms with van der Waals surface area (Å²) in [5, 5.41) is 7.54. The Kier molecular flexibility index (Phi) is 4.14. The second-order valence-corrected chi connectivity index (χ2v) is 6.59. The van der Waals surface area contributed by atoms with Gasteiger partial charge in [-0.2, -0.15) is 0 Å². The van der Waals surface area contributed by atoms with Crippen LogP contribution in [-0.2, 0) is 13.6 Å². The Labute approximate surface area is 150 Å². The number of rotatable bonds is 5. The minimum atomic E-state index is -0.373. The maximum Gasteiger partial charge on any atom is 0.273 e. The molecule has 0 saturated heterocycles. The van der Waals surface area contributed by atoms with Gasteiger partial charge < -0.3 is 25.1 Å². The fourth-order valence-electron chi connectivity index (χ4n) is 3.27. The number of hydrogen-bond acceptors (Lipinski definition) is 5. The summed E-state index contributed by atoms with van der Waals surface area (Å²) < 4.78 is 2.15. The minimum Gasteiger partial charge on any atom is -0.350 e. The van der Waals surface area contributed by atoms with Crippen molar-refractivity contribution in [3.05, 3.63) is 48.0 Å². The molecule has 1 aliphatic rings. The number of H-pyrrole nitrogens is 1. The quantitative estimate of drug-likeness (QED) is 0.412. The molecule has 0 bridgehead atoms. The summed E-state index contributed by atoms with van der Waals surface area (Å²) in [6, 6.07) is 8.39. The van der Waals surface area contributed by atoms with Gasteiger partial charge in [0.15, 0.2) is 5.82 Å². The number of aromatic nitrogens is 3. The first-order chi connectivity index (χ1) is 12.1. The molecule has 4 rings (SSSR count). The topological polar surface area (TPSA) is 78.0 Å². The first-order valence-corrected chi connectivity index (χ1v) is 8.69. The number of nitrogens with zero attached hydrogens (tertiary/aromatic N) is 3. The molecule has 1 aliphatic heterocycles. The molecule has 1 aromatic carbocycles. The molecule has 1 amide bonds. The smallest absolute Gasteiger partial charge is 0.273 e. The van der Waals surface area contributed by atoms with E-state index in [1.165, 1.54) is 22.8 Å². The molecule has 0 aliphatic carbocycles. The standard InChI is InChI=1S/C17H20N6OS/c1-22-9-11(12-4-2-3-5-13(12)22)8-18-6-7-23-15-14(19-10-20-15)16(24)21-17(23)25/h2-5,9-10,17-18,25H,6-8H2,1H3,(H,19,20)(H,21,24). The van der Waals surface area contributed by atoms with Crippen molar-refractivity contribution in [2.24, 2.45) is 7.05 Å². The van der Waals surface area contributed by atoms with Crippen LogP contribution in [-0.4, -0.2) is 39.0 Å². The molecule has 130 valence electrons. The van der Waals surface area contributed by atoms with Crippen molar-refractivity contribution in [2.75, 3.05) is 18.0 Å². The zero-order valence-electron chi connectivity index (χ0n) is 13.9. The summed E-state index contributed by atoms with van der Waals surface area (Å²) in [5.74, 6) is 0.475. The molecule has 25 heavy (non-hydrogen) atoms. The van der Waals surface area contributed by atoms with Crippen LogP contribution in [0.5, 0.6) is 0 Å². The third-order valence-electron chi connectivity index (χ3n) is 4.50. The van der Waals surface area contributed by atoms with Crippen LogP contribution < -0.4 is 15.5 Å². The summed E-state index contributed by atoms with van der Waals surface area (Å²) in [6.45, 7) is 2.23. The molecule has 0 spiro atoms. The van der Waals surface area contributed by atoms with Gasteiger partial charge in [-0.25, -0.2) is 4.98 Å². The molecule has 1 atom stereocenters. The Balaban J connectivity index is 1.40. The summed E-state index contributed by atoms with van der Waals surface area (Å²) >= 11 is 4.45. The number of fused-ring (bicyclic) bond motifs is 2. The number of nitrogens with one attached hydrogen (secondary N) is 3. The zero-order valence-corrected chi connectivity index (χ0v) is 14.8. The molecule has 3 heterocycles. The number of anilines is 1. The molecule has 3 aromatic rings. The molecule has 2 aromatic heterocycles. The van der Waals surface area contributed by atoms with E-state index >= 15 is 0 Å². The van der Waals surface area contributed by atoms with Crippen molar-refractivity contribution >= 4 is 35.3 Å². The van der Waals surface area contributed by atoms with E-state index in [2.05, 4.69) is 75.3 Å². The number of benzene rings is 1. The summed E-state index contributed by atoms with van der Waals surface area (Å²) in [6.07, 6.45) is 3.69. The highest BCUT2D eigenvalue weighted by Crippen LogP contribution is 2.23. The second kappa shape index (κ2) is 6.45. The lowest BCUT2D eigenvalue weighted by atomic mass is 10.2. The van der Waals surface area contributed by atoms with Gasteiger partial charge in [-0.15, -0.1) is 12.6 Å². The van der Waals surface area contributed by atoms with Crippen LogP contribution in [0.2, 0.25) is 0 Å². The largest absolute Gasteiger partial charge is 0.350 e. The molecule has 3 N–H and O–H groups in total. The van der Waals surface area contributed by atoms with E-state index in [0.717, 1.165) is 13.1 Å². The van der Waals surface area contributed by atoms with Gasteiger partial charge in [0.1, 0.15) is 11.2 Å². The number of aromatic amines is 1. The molecular formula is C17H20N6OS. The Hall–Kier alpha value is -2.45. The van der Waals surface area contributed by atoms with Crippen LogP contribution in [0, 0.1) is 0 Å². The van der Waals surface area contributed by atoms with E-state index in [0.29, 0.717) is 18.1 Å². The van der Waals surface area contributed by atoms with Gasteiger partial charge in [0.05, 0.1) is 6.33 Å². The van der Waals surface area contributed by atoms with E-state index in [-0.39, 0.29) is 11.4 Å². The van der Waals surface area contributed by atoms with Gasteiger partial charge in [-0.3, -0.25) is 4.79 Å². The van der Waals surface area contributed by atoms with E-state index < -0.39 is 0 Å². The number of carbonyl (C=O) groups excluding carboxylic acids is 1. The van der Waals surface area contributed by atoms with Crippen molar-refractivity contribution in [1.29, 1.82) is 0 Å². The van der Waals surface area contributed by atoms with E-state index in [9.17, 15) is 4.79 Å². The Bertz CT molecular complexity index is 917. The molecule has 0 fully saturated rings. The number of para-hydroxylation sites is 1. The number of amides is 1. The molecule has 8 heteroatoms. The van der Waals surface area contributed by atoms with Gasteiger partial charge in [0.2, 0.25) is 0 Å². The van der Waals surface area contributed by atoms with Crippen molar-refractivity contribution in [1.82, 2.24) is 25.2 Å². The fraction of sp³-hybridized carbons (Fsp3) is 0.294. The Morgan fingerprint density at radius 1 is 1.36 bits per heavy atom. The highest BCUT2D eigenvalue weighted by atomic mass is 32.1. The third kappa shape index (κ3) is 2.87. The highest BCUT2D eigenvalue weighted by Gasteiger charge is 2.30. The zero-order chi connectivity index (χ0) is 17.4. The van der Waals surface area contributed by atoms with Crippen LogP contribution >= 0.6 is 12.6 Å². The number of aryl methyl sites for hydroxylation is 1. The van der Waals surface area contributed by atoms with E-state index in [1.54, 1.807) is 0 Å². The SMILES string of the molecule is Cn1cc(CNCCN2c3nc[nH]c3C(=O)NC2S)c2ccccc21. The average molecular weight is 356 g/mol. The van der Waals surface area contributed by atoms with Gasteiger partial charge in [-0.1, -0.05) is 18.2 Å². The van der Waals surface area contributed by atoms with Crippen LogP contribution in [0.3, 0.4) is 0 Å². The minimum absolute atomic E-state index is 0.174. The maximum atomic E-state index is 11.9. The van der Waals surface area contributed by atoms with Crippen molar-refractivity contribution in [3.8, 4) is 0 Å². The van der Waals surface area contributed by atoms with Gasteiger partial charge in [-0.05, 0) is 11.6 Å². The highest BCUT2D eigenvalue weighted by molar-refractivity contribution is 7.81. The van der Waals surface area contributed by atoms with Crippen LogP contribution in [0.1, 0.15) is 16.1 Å². The molecule has 0 radical (unpaired) electrons. The van der Waals surface area contributed by atoms with Gasteiger partial charge >= 0.3 is 0 Å². The summed E-state index contributed by atoms with van der Waals surface area (Å²) in [5.41, 5.74) is 2.62. The molecule has 7 nitrogen and oxygen atoms in total. The number of thiol groups is 1. The number of hydrogen-bond donors (Lipinski definition) is 4. The normalized spacial score (nSPS) is 17.0. The average Bonchev–Trinajstić information content (AvgIpc) is 3.20. The Morgan fingerprint density at radius 2 is 2.20 bits per heavy atom. The number of carbonyl (C=O) groups is 1. The van der Waals surface area contributed by atoms with E-state index in [4.69, 9.17) is 0 Å². The van der Waals surface area contributed by atoms with Gasteiger partial charge in [0.25, 0.3) is 5.91 Å². The predicted octanol–water partition coefficient (Wildman–Crippen LogP) is 1.45. The molecule has 0 saturated carbocycles. The lowest BCUT2D eigenvalue weighted by Crippen LogP contribution is -2.51. The monoisotopic (exact) mass is 356 g/mol. The van der Waals surface area contributed by atoms with Crippen LogP contribution in [0.4, 0.5) is 5.82 Å². The second-order valence-electron chi connectivity index (χ2n) is 6.10. The first-order valence-electron chi connectivity index (χ1n) is 8.18. The summed E-state index contributed by atoms with van der Waals surface area (Å²) in [4.78, 5) is 21.0. The first kappa shape index (κ1) is 16.0. The summed E-state index contributed by atoms with van der Waals surface area (Å²) in [7, 11) is 2.06.